The second kappa shape index (κ2) is 7.70. The van der Waals surface area contributed by atoms with Gasteiger partial charge in [0.25, 0.3) is 5.91 Å². The van der Waals surface area contributed by atoms with E-state index in [2.05, 4.69) is 9.97 Å². The highest BCUT2D eigenvalue weighted by Gasteiger charge is 2.22. The Morgan fingerprint density at radius 1 is 1.11 bits per heavy atom. The van der Waals surface area contributed by atoms with Gasteiger partial charge in [0.05, 0.1) is 16.3 Å². The standard InChI is InChI=1S/C22H18ClN3OS/c1-14-8-9-17(11-15(14)2)21(27)26(13-16-5-4-10-24-12-16)22-25-20-18(23)6-3-7-19(20)28-22/h3-12H,13H2,1-2H3. The van der Waals surface area contributed by atoms with Crippen molar-refractivity contribution >= 4 is 44.2 Å². The average Bonchev–Trinajstić information content (AvgIpc) is 3.14. The molecule has 2 heterocycles. The first kappa shape index (κ1) is 18.6. The third-order valence-electron chi connectivity index (χ3n) is 4.65. The largest absolute Gasteiger partial charge is 0.279 e. The lowest BCUT2D eigenvalue weighted by Gasteiger charge is -2.20. The fraction of sp³-hybridized carbons (Fsp3) is 0.136. The Kier molecular flexibility index (Phi) is 5.11. The minimum atomic E-state index is -0.0952. The van der Waals surface area contributed by atoms with Crippen molar-refractivity contribution in [2.75, 3.05) is 4.90 Å². The van der Waals surface area contributed by atoms with Gasteiger partial charge in [0.15, 0.2) is 5.13 Å². The number of aromatic nitrogens is 2. The number of carbonyl (C=O) groups excluding carboxylic acids is 1. The fourth-order valence-corrected chi connectivity index (χ4v) is 4.21. The van der Waals surface area contributed by atoms with E-state index in [1.54, 1.807) is 17.3 Å². The molecule has 0 N–H and O–H groups in total. The first-order valence-electron chi connectivity index (χ1n) is 8.86. The van der Waals surface area contributed by atoms with Crippen molar-refractivity contribution in [3.8, 4) is 0 Å². The predicted octanol–water partition coefficient (Wildman–Crippen LogP) is 5.81. The van der Waals surface area contributed by atoms with E-state index in [0.29, 0.717) is 27.8 Å². The summed E-state index contributed by atoms with van der Waals surface area (Å²) in [5, 5.41) is 1.20. The Bertz CT molecular complexity index is 1160. The van der Waals surface area contributed by atoms with E-state index >= 15 is 0 Å². The number of halogens is 1. The van der Waals surface area contributed by atoms with E-state index in [4.69, 9.17) is 11.6 Å². The maximum Gasteiger partial charge on any atom is 0.260 e. The predicted molar refractivity (Wildman–Crippen MR) is 115 cm³/mol. The number of hydrogen-bond acceptors (Lipinski definition) is 4. The topological polar surface area (TPSA) is 46.1 Å². The molecule has 0 spiro atoms. The van der Waals surface area contributed by atoms with Gasteiger partial charge in [0.2, 0.25) is 0 Å². The minimum Gasteiger partial charge on any atom is -0.279 e. The summed E-state index contributed by atoms with van der Waals surface area (Å²) in [4.78, 5) is 23.9. The van der Waals surface area contributed by atoms with Crippen molar-refractivity contribution in [1.29, 1.82) is 0 Å². The lowest BCUT2D eigenvalue weighted by molar-refractivity contribution is 0.0985. The normalized spacial score (nSPS) is 11.0. The Balaban J connectivity index is 1.79. The van der Waals surface area contributed by atoms with Crippen molar-refractivity contribution in [2.24, 2.45) is 0 Å². The zero-order valence-corrected chi connectivity index (χ0v) is 17.1. The van der Waals surface area contributed by atoms with E-state index in [-0.39, 0.29) is 5.91 Å². The number of carbonyl (C=O) groups is 1. The highest BCUT2D eigenvalue weighted by atomic mass is 35.5. The molecule has 0 bridgehead atoms. The molecule has 0 atom stereocenters. The van der Waals surface area contributed by atoms with Crippen LogP contribution >= 0.6 is 22.9 Å². The average molecular weight is 408 g/mol. The Labute approximate surface area is 172 Å². The van der Waals surface area contributed by atoms with Crippen molar-refractivity contribution in [3.63, 3.8) is 0 Å². The molecule has 2 aromatic carbocycles. The third-order valence-corrected chi connectivity index (χ3v) is 6.00. The van der Waals surface area contributed by atoms with E-state index in [1.807, 2.05) is 62.4 Å². The summed E-state index contributed by atoms with van der Waals surface area (Å²) in [7, 11) is 0. The molecule has 0 aliphatic carbocycles. The van der Waals surface area contributed by atoms with Crippen LogP contribution in [0, 0.1) is 13.8 Å². The maximum absolute atomic E-state index is 13.4. The van der Waals surface area contributed by atoms with Gasteiger partial charge in [-0.2, -0.15) is 0 Å². The highest BCUT2D eigenvalue weighted by Crippen LogP contribution is 2.34. The molecule has 4 nitrogen and oxygen atoms in total. The lowest BCUT2D eigenvalue weighted by Crippen LogP contribution is -2.30. The number of benzene rings is 2. The van der Waals surface area contributed by atoms with E-state index < -0.39 is 0 Å². The van der Waals surface area contributed by atoms with Gasteiger partial charge in [-0.05, 0) is 60.9 Å². The van der Waals surface area contributed by atoms with Crippen LogP contribution in [0.15, 0.2) is 60.9 Å². The van der Waals surface area contributed by atoms with E-state index in [1.165, 1.54) is 11.3 Å². The number of rotatable bonds is 4. The van der Waals surface area contributed by atoms with Crippen molar-refractivity contribution in [3.05, 3.63) is 88.2 Å². The molecule has 6 heteroatoms. The second-order valence-corrected chi connectivity index (χ2v) is 8.05. The maximum atomic E-state index is 13.4. The SMILES string of the molecule is Cc1ccc(C(=O)N(Cc2cccnc2)c2nc3c(Cl)cccc3s2)cc1C. The van der Waals surface area contributed by atoms with Crippen molar-refractivity contribution in [1.82, 2.24) is 9.97 Å². The van der Waals surface area contributed by atoms with Crippen LogP contribution in [0.25, 0.3) is 10.2 Å². The van der Waals surface area contributed by atoms with Crippen LogP contribution in [0.1, 0.15) is 27.0 Å². The van der Waals surface area contributed by atoms with E-state index in [9.17, 15) is 4.79 Å². The molecular formula is C22H18ClN3OS. The van der Waals surface area contributed by atoms with Crippen LogP contribution in [-0.2, 0) is 6.54 Å². The summed E-state index contributed by atoms with van der Waals surface area (Å²) in [5.41, 5.74) is 4.53. The second-order valence-electron chi connectivity index (χ2n) is 6.63. The van der Waals surface area contributed by atoms with Gasteiger partial charge in [-0.1, -0.05) is 41.1 Å². The van der Waals surface area contributed by atoms with Gasteiger partial charge < -0.3 is 0 Å². The summed E-state index contributed by atoms with van der Waals surface area (Å²) >= 11 is 7.76. The third kappa shape index (κ3) is 3.63. The fourth-order valence-electron chi connectivity index (χ4n) is 2.95. The molecule has 0 fully saturated rings. The Morgan fingerprint density at radius 2 is 1.96 bits per heavy atom. The number of amides is 1. The molecule has 4 aromatic rings. The number of pyridine rings is 1. The summed E-state index contributed by atoms with van der Waals surface area (Å²) < 4.78 is 0.951. The number of aryl methyl sites for hydroxylation is 2. The molecule has 140 valence electrons. The number of nitrogens with zero attached hydrogens (tertiary/aromatic N) is 3. The number of thiazole rings is 1. The molecule has 0 aliphatic heterocycles. The lowest BCUT2D eigenvalue weighted by atomic mass is 10.1. The molecule has 1 amide bonds. The zero-order chi connectivity index (χ0) is 19.7. The van der Waals surface area contributed by atoms with Crippen LogP contribution in [-0.4, -0.2) is 15.9 Å². The summed E-state index contributed by atoms with van der Waals surface area (Å²) in [5.74, 6) is -0.0952. The molecule has 28 heavy (non-hydrogen) atoms. The molecule has 0 saturated heterocycles. The monoisotopic (exact) mass is 407 g/mol. The van der Waals surface area contributed by atoms with Gasteiger partial charge in [-0.15, -0.1) is 0 Å². The van der Waals surface area contributed by atoms with Crippen molar-refractivity contribution < 1.29 is 4.79 Å². The van der Waals surface area contributed by atoms with Crippen LogP contribution in [0.3, 0.4) is 0 Å². The van der Waals surface area contributed by atoms with Crippen LogP contribution in [0.5, 0.6) is 0 Å². The summed E-state index contributed by atoms with van der Waals surface area (Å²) in [6, 6.07) is 15.2. The zero-order valence-electron chi connectivity index (χ0n) is 15.5. The summed E-state index contributed by atoms with van der Waals surface area (Å²) in [6.45, 7) is 4.43. The van der Waals surface area contributed by atoms with Gasteiger partial charge in [-0.3, -0.25) is 14.7 Å². The van der Waals surface area contributed by atoms with Crippen LogP contribution < -0.4 is 4.90 Å². The number of para-hydroxylation sites is 1. The number of anilines is 1. The Hall–Kier alpha value is -2.76. The molecule has 4 rings (SSSR count). The molecule has 2 aromatic heterocycles. The first-order chi connectivity index (χ1) is 13.5. The quantitative estimate of drug-likeness (QED) is 0.429. The number of hydrogen-bond donors (Lipinski definition) is 0. The molecule has 0 saturated carbocycles. The van der Waals surface area contributed by atoms with Gasteiger partial charge in [0, 0.05) is 18.0 Å². The smallest absolute Gasteiger partial charge is 0.260 e. The first-order valence-corrected chi connectivity index (χ1v) is 10.1. The highest BCUT2D eigenvalue weighted by molar-refractivity contribution is 7.22. The van der Waals surface area contributed by atoms with Gasteiger partial charge in [-0.25, -0.2) is 4.98 Å². The Morgan fingerprint density at radius 3 is 2.68 bits per heavy atom. The minimum absolute atomic E-state index is 0.0952. The molecule has 0 aliphatic rings. The summed E-state index contributed by atoms with van der Waals surface area (Å²) in [6.07, 6.45) is 3.48. The number of fused-ring (bicyclic) bond motifs is 1. The molecule has 0 radical (unpaired) electrons. The van der Waals surface area contributed by atoms with Gasteiger partial charge >= 0.3 is 0 Å². The molecular weight excluding hydrogens is 390 g/mol. The van der Waals surface area contributed by atoms with E-state index in [0.717, 1.165) is 21.4 Å². The molecule has 0 unspecified atom stereocenters. The van der Waals surface area contributed by atoms with Crippen LogP contribution in [0.2, 0.25) is 5.02 Å². The van der Waals surface area contributed by atoms with Crippen LogP contribution in [0.4, 0.5) is 5.13 Å². The van der Waals surface area contributed by atoms with Crippen molar-refractivity contribution in [2.45, 2.75) is 20.4 Å². The van der Waals surface area contributed by atoms with Gasteiger partial charge in [0.1, 0.15) is 5.52 Å².